The molecule has 0 fully saturated rings. The maximum atomic E-state index is 11.9. The van der Waals surface area contributed by atoms with E-state index in [0.29, 0.717) is 5.56 Å². The highest BCUT2D eigenvalue weighted by molar-refractivity contribution is 9.10. The Hall–Kier alpha value is -2.51. The van der Waals surface area contributed by atoms with Crippen molar-refractivity contribution in [2.45, 2.75) is 0 Å². The molecule has 0 bridgehead atoms. The summed E-state index contributed by atoms with van der Waals surface area (Å²) in [6.07, 6.45) is 2.95. The van der Waals surface area contributed by atoms with Crippen LogP contribution in [0.25, 0.3) is 16.3 Å². The van der Waals surface area contributed by atoms with Gasteiger partial charge in [-0.2, -0.15) is 0 Å². The monoisotopic (exact) mass is 401 g/mol. The molecule has 0 atom stereocenters. The maximum absolute atomic E-state index is 11.9. The molecule has 3 aromatic rings. The van der Waals surface area contributed by atoms with Gasteiger partial charge in [-0.25, -0.2) is 4.98 Å². The molecule has 0 spiro atoms. The number of amides is 2. The molecule has 2 amide bonds. The molecule has 7 heteroatoms. The second-order valence-corrected chi connectivity index (χ2v) is 6.78. The first-order valence-electron chi connectivity index (χ1n) is 7.01. The van der Waals surface area contributed by atoms with E-state index < -0.39 is 5.91 Å². The minimum atomic E-state index is -0.431. The van der Waals surface area contributed by atoms with Gasteiger partial charge in [0.15, 0.2) is 0 Å². The number of rotatable bonds is 3. The van der Waals surface area contributed by atoms with E-state index in [1.54, 1.807) is 30.3 Å². The molecule has 0 aliphatic rings. The summed E-state index contributed by atoms with van der Waals surface area (Å²) >= 11 is 4.79. The molecule has 3 rings (SSSR count). The number of hydrogen-bond acceptors (Lipinski definition) is 4. The van der Waals surface area contributed by atoms with Crippen molar-refractivity contribution in [3.8, 4) is 0 Å². The molecule has 0 aliphatic carbocycles. The van der Waals surface area contributed by atoms with Gasteiger partial charge in [-0.05, 0) is 42.5 Å². The second-order valence-electron chi connectivity index (χ2n) is 4.80. The van der Waals surface area contributed by atoms with E-state index in [-0.39, 0.29) is 5.91 Å². The SMILES string of the molecule is O=C(C=Cc1nc2ccccc2s1)NNC(=O)c1ccc(Br)cc1. The molecule has 0 saturated carbocycles. The lowest BCUT2D eigenvalue weighted by Gasteiger charge is -2.05. The topological polar surface area (TPSA) is 71.1 Å². The lowest BCUT2D eigenvalue weighted by atomic mass is 10.2. The largest absolute Gasteiger partial charge is 0.269 e. The number of halogens is 1. The normalized spacial score (nSPS) is 10.9. The number of carbonyl (C=O) groups is 2. The summed E-state index contributed by atoms with van der Waals surface area (Å²) in [6, 6.07) is 14.6. The van der Waals surface area contributed by atoms with Gasteiger partial charge in [0, 0.05) is 16.1 Å². The van der Waals surface area contributed by atoms with Crippen molar-refractivity contribution in [3.05, 3.63) is 69.7 Å². The molecule has 0 unspecified atom stereocenters. The fraction of sp³-hybridized carbons (Fsp3) is 0. The third-order valence-electron chi connectivity index (χ3n) is 3.09. The number of nitrogens with one attached hydrogen (secondary N) is 2. The Bertz CT molecular complexity index is 886. The summed E-state index contributed by atoms with van der Waals surface area (Å²) in [5.41, 5.74) is 6.05. The smallest absolute Gasteiger partial charge is 0.268 e. The van der Waals surface area contributed by atoms with Gasteiger partial charge in [0.05, 0.1) is 10.2 Å². The standard InChI is InChI=1S/C17H12BrN3O2S/c18-12-7-5-11(6-8-12)17(23)21-20-15(22)9-10-16-19-13-3-1-2-4-14(13)24-16/h1-10H,(H,20,22)(H,21,23). The van der Waals surface area contributed by atoms with Gasteiger partial charge in [-0.3, -0.25) is 20.4 Å². The van der Waals surface area contributed by atoms with Crippen LogP contribution in [0.3, 0.4) is 0 Å². The lowest BCUT2D eigenvalue weighted by molar-refractivity contribution is -0.117. The third kappa shape index (κ3) is 4.06. The molecule has 0 aliphatic heterocycles. The summed E-state index contributed by atoms with van der Waals surface area (Å²) in [5.74, 6) is -0.816. The van der Waals surface area contributed by atoms with Crippen molar-refractivity contribution in [2.24, 2.45) is 0 Å². The highest BCUT2D eigenvalue weighted by Gasteiger charge is 2.06. The Kier molecular flexibility index (Phi) is 5.02. The lowest BCUT2D eigenvalue weighted by Crippen LogP contribution is -2.40. The molecule has 0 radical (unpaired) electrons. The number of aromatic nitrogens is 1. The minimum Gasteiger partial charge on any atom is -0.268 e. The van der Waals surface area contributed by atoms with Crippen LogP contribution in [0.15, 0.2) is 59.1 Å². The van der Waals surface area contributed by atoms with E-state index in [1.165, 1.54) is 17.4 Å². The van der Waals surface area contributed by atoms with E-state index in [0.717, 1.165) is 19.7 Å². The van der Waals surface area contributed by atoms with Gasteiger partial charge in [0.1, 0.15) is 5.01 Å². The van der Waals surface area contributed by atoms with Crippen molar-refractivity contribution in [1.82, 2.24) is 15.8 Å². The zero-order valence-corrected chi connectivity index (χ0v) is 14.7. The Morgan fingerprint density at radius 2 is 1.79 bits per heavy atom. The van der Waals surface area contributed by atoms with Crippen molar-refractivity contribution in [3.63, 3.8) is 0 Å². The van der Waals surface area contributed by atoms with Crippen LogP contribution >= 0.6 is 27.3 Å². The van der Waals surface area contributed by atoms with Crippen LogP contribution in [0.2, 0.25) is 0 Å². The number of nitrogens with zero attached hydrogens (tertiary/aromatic N) is 1. The number of hydrogen-bond donors (Lipinski definition) is 2. The van der Waals surface area contributed by atoms with Gasteiger partial charge in [-0.15, -0.1) is 11.3 Å². The van der Waals surface area contributed by atoms with E-state index in [4.69, 9.17) is 0 Å². The van der Waals surface area contributed by atoms with Gasteiger partial charge in [-0.1, -0.05) is 28.1 Å². The molecule has 1 aromatic heterocycles. The van der Waals surface area contributed by atoms with E-state index >= 15 is 0 Å². The Labute approximate surface area is 150 Å². The first-order chi connectivity index (χ1) is 11.6. The molecule has 24 heavy (non-hydrogen) atoms. The van der Waals surface area contributed by atoms with Gasteiger partial charge in [0.2, 0.25) is 0 Å². The number of fused-ring (bicyclic) bond motifs is 1. The summed E-state index contributed by atoms with van der Waals surface area (Å²) in [4.78, 5) is 28.1. The van der Waals surface area contributed by atoms with Gasteiger partial charge < -0.3 is 0 Å². The number of thiazole rings is 1. The molecule has 1 heterocycles. The van der Waals surface area contributed by atoms with Crippen LogP contribution in [0.1, 0.15) is 15.4 Å². The highest BCUT2D eigenvalue weighted by atomic mass is 79.9. The molecule has 0 saturated heterocycles. The quantitative estimate of drug-likeness (QED) is 0.520. The molecule has 2 N–H and O–H groups in total. The van der Waals surface area contributed by atoms with Crippen LogP contribution in [0.4, 0.5) is 0 Å². The van der Waals surface area contributed by atoms with Gasteiger partial charge >= 0.3 is 0 Å². The molecular formula is C17H12BrN3O2S. The van der Waals surface area contributed by atoms with Crippen molar-refractivity contribution in [2.75, 3.05) is 0 Å². The third-order valence-corrected chi connectivity index (χ3v) is 4.62. The predicted molar refractivity (Wildman–Crippen MR) is 98.4 cm³/mol. The maximum Gasteiger partial charge on any atom is 0.269 e. The average Bonchev–Trinajstić information content (AvgIpc) is 3.01. The fourth-order valence-corrected chi connectivity index (χ4v) is 3.08. The second kappa shape index (κ2) is 7.37. The zero-order valence-electron chi connectivity index (χ0n) is 12.3. The van der Waals surface area contributed by atoms with Crippen LogP contribution in [-0.4, -0.2) is 16.8 Å². The Morgan fingerprint density at radius 3 is 2.54 bits per heavy atom. The summed E-state index contributed by atoms with van der Waals surface area (Å²) < 4.78 is 1.93. The van der Waals surface area contributed by atoms with Crippen molar-refractivity contribution in [1.29, 1.82) is 0 Å². The molecule has 5 nitrogen and oxygen atoms in total. The number of hydrazine groups is 1. The zero-order chi connectivity index (χ0) is 16.9. The molecule has 120 valence electrons. The average molecular weight is 402 g/mol. The minimum absolute atomic E-state index is 0.385. The van der Waals surface area contributed by atoms with E-state index in [2.05, 4.69) is 31.8 Å². The highest BCUT2D eigenvalue weighted by Crippen LogP contribution is 2.22. The first-order valence-corrected chi connectivity index (χ1v) is 8.62. The van der Waals surface area contributed by atoms with Crippen LogP contribution < -0.4 is 10.9 Å². The summed E-state index contributed by atoms with van der Waals surface area (Å²) in [6.45, 7) is 0. The number of benzene rings is 2. The molecular weight excluding hydrogens is 390 g/mol. The fourth-order valence-electron chi connectivity index (χ4n) is 1.94. The van der Waals surface area contributed by atoms with Crippen molar-refractivity contribution >= 4 is 55.4 Å². The number of carbonyl (C=O) groups excluding carboxylic acids is 2. The van der Waals surface area contributed by atoms with Crippen LogP contribution in [0, 0.1) is 0 Å². The summed E-state index contributed by atoms with van der Waals surface area (Å²) in [5, 5.41) is 0.727. The van der Waals surface area contributed by atoms with Crippen molar-refractivity contribution < 1.29 is 9.59 Å². The predicted octanol–water partition coefficient (Wildman–Crippen LogP) is 3.53. The number of para-hydroxylation sites is 1. The van der Waals surface area contributed by atoms with E-state index in [1.807, 2.05) is 24.3 Å². The van der Waals surface area contributed by atoms with Crippen LogP contribution in [-0.2, 0) is 4.79 Å². The summed E-state index contributed by atoms with van der Waals surface area (Å²) in [7, 11) is 0. The van der Waals surface area contributed by atoms with E-state index in [9.17, 15) is 9.59 Å². The Morgan fingerprint density at radius 1 is 1.04 bits per heavy atom. The molecule has 2 aromatic carbocycles. The van der Waals surface area contributed by atoms with Crippen LogP contribution in [0.5, 0.6) is 0 Å². The first kappa shape index (κ1) is 16.4. The van der Waals surface area contributed by atoms with Gasteiger partial charge in [0.25, 0.3) is 11.8 Å². The Balaban J connectivity index is 1.57.